The molecular weight excluding hydrogens is 358 g/mol. The van der Waals surface area contributed by atoms with Gasteiger partial charge in [0.05, 0.1) is 28.6 Å². The van der Waals surface area contributed by atoms with Crippen molar-refractivity contribution < 1.29 is 19.4 Å². The van der Waals surface area contributed by atoms with Crippen molar-refractivity contribution in [2.75, 3.05) is 0 Å². The number of carbonyl (C=O) groups excluding carboxylic acids is 1. The predicted molar refractivity (Wildman–Crippen MR) is 105 cm³/mol. The number of furan rings is 1. The van der Waals surface area contributed by atoms with E-state index in [-0.39, 0.29) is 23.7 Å². The molecule has 0 atom stereocenters. The maximum atomic E-state index is 12.9. The first kappa shape index (κ1) is 17.9. The van der Waals surface area contributed by atoms with Gasteiger partial charge in [0.25, 0.3) is 0 Å². The number of nitrogens with zero attached hydrogens (tertiary/aromatic N) is 2. The molecule has 0 bridgehead atoms. The number of hydrogen-bond donors (Lipinski definition) is 3. The van der Waals surface area contributed by atoms with Crippen LogP contribution < -0.4 is 0 Å². The zero-order valence-electron chi connectivity index (χ0n) is 15.9. The molecule has 0 aliphatic rings. The highest BCUT2D eigenvalue weighted by Gasteiger charge is 2.30. The number of nitrogens with one attached hydrogen (secondary N) is 1. The second-order valence-electron chi connectivity index (χ2n) is 7.27. The van der Waals surface area contributed by atoms with Crippen LogP contribution in [0.4, 0.5) is 0 Å². The third kappa shape index (κ3) is 2.85. The third-order valence-corrected chi connectivity index (χ3v) is 4.63. The topological polar surface area (TPSA) is 104 Å². The number of hydrogen-bond acceptors (Lipinski definition) is 5. The number of benzene rings is 1. The fourth-order valence-electron chi connectivity index (χ4n) is 3.39. The fraction of sp³-hybridized carbons (Fsp3) is 0.238. The summed E-state index contributed by atoms with van der Waals surface area (Å²) in [6.45, 7) is 5.64. The maximum absolute atomic E-state index is 12.9. The van der Waals surface area contributed by atoms with E-state index in [1.807, 2.05) is 13.8 Å². The lowest BCUT2D eigenvalue weighted by Crippen LogP contribution is -2.06. The third-order valence-electron chi connectivity index (χ3n) is 4.63. The first-order valence-corrected chi connectivity index (χ1v) is 9.07. The van der Waals surface area contributed by atoms with Crippen molar-refractivity contribution in [3.05, 3.63) is 48.0 Å². The highest BCUT2D eigenvalue weighted by atomic mass is 16.3. The molecule has 0 spiro atoms. The number of H-pyrrole nitrogens is 1. The van der Waals surface area contributed by atoms with Gasteiger partial charge < -0.3 is 19.6 Å². The standard InChI is InChI=1S/C21H21N3O4/c1-11(2)8-16(25)18-19(17-7-4-12(3)28-17)24(21(27)20(18)26)13-5-6-14-15(9-13)23-10-22-14/h4-7,9-11,26-27H,8H2,1-3H3,(H,22,23). The van der Waals surface area contributed by atoms with Crippen LogP contribution in [-0.4, -0.2) is 30.5 Å². The Balaban J connectivity index is 2.00. The number of ketones is 1. The second-order valence-corrected chi connectivity index (χ2v) is 7.27. The van der Waals surface area contributed by atoms with Crippen LogP contribution in [-0.2, 0) is 0 Å². The van der Waals surface area contributed by atoms with Crippen molar-refractivity contribution >= 4 is 16.8 Å². The summed E-state index contributed by atoms with van der Waals surface area (Å²) >= 11 is 0. The van der Waals surface area contributed by atoms with E-state index in [9.17, 15) is 15.0 Å². The molecule has 3 aromatic heterocycles. The van der Waals surface area contributed by atoms with E-state index in [4.69, 9.17) is 4.42 Å². The number of aromatic nitrogens is 3. The summed E-state index contributed by atoms with van der Waals surface area (Å²) in [6, 6.07) is 8.84. The minimum Gasteiger partial charge on any atom is -0.503 e. The van der Waals surface area contributed by atoms with Gasteiger partial charge in [-0.25, -0.2) is 4.98 Å². The van der Waals surface area contributed by atoms with E-state index < -0.39 is 11.6 Å². The molecule has 0 aliphatic heterocycles. The normalized spacial score (nSPS) is 11.6. The summed E-state index contributed by atoms with van der Waals surface area (Å²) in [4.78, 5) is 20.1. The van der Waals surface area contributed by atoms with Gasteiger partial charge in [-0.15, -0.1) is 0 Å². The number of aromatic amines is 1. The molecule has 28 heavy (non-hydrogen) atoms. The Labute approximate surface area is 161 Å². The van der Waals surface area contributed by atoms with Crippen molar-refractivity contribution in [3.63, 3.8) is 0 Å². The van der Waals surface area contributed by atoms with Gasteiger partial charge >= 0.3 is 0 Å². The molecule has 4 rings (SSSR count). The second kappa shape index (κ2) is 6.60. The van der Waals surface area contributed by atoms with Crippen LogP contribution in [0.25, 0.3) is 28.2 Å². The zero-order valence-corrected chi connectivity index (χ0v) is 15.9. The monoisotopic (exact) mass is 379 g/mol. The molecular formula is C21H21N3O4. The van der Waals surface area contributed by atoms with Crippen LogP contribution in [0.5, 0.6) is 11.6 Å². The lowest BCUT2D eigenvalue weighted by Gasteiger charge is -2.10. The van der Waals surface area contributed by atoms with E-state index >= 15 is 0 Å². The molecule has 0 unspecified atom stereocenters. The molecule has 144 valence electrons. The van der Waals surface area contributed by atoms with Crippen molar-refractivity contribution in [2.24, 2.45) is 5.92 Å². The molecule has 0 radical (unpaired) electrons. The molecule has 0 saturated carbocycles. The Morgan fingerprint density at radius 3 is 2.71 bits per heavy atom. The first-order valence-electron chi connectivity index (χ1n) is 9.07. The van der Waals surface area contributed by atoms with Gasteiger partial charge in [0, 0.05) is 6.42 Å². The SMILES string of the molecule is Cc1ccc(-c2c(C(=O)CC(C)C)c(O)c(O)n2-c2ccc3nc[nH]c3c2)o1. The van der Waals surface area contributed by atoms with Crippen molar-refractivity contribution in [1.82, 2.24) is 14.5 Å². The van der Waals surface area contributed by atoms with Crippen LogP contribution >= 0.6 is 0 Å². The predicted octanol–water partition coefficient (Wildman–Crippen LogP) is 4.56. The molecule has 7 nitrogen and oxygen atoms in total. The Morgan fingerprint density at radius 2 is 2.04 bits per heavy atom. The summed E-state index contributed by atoms with van der Waals surface area (Å²) in [5.74, 6) is 0.0468. The Kier molecular flexibility index (Phi) is 4.22. The van der Waals surface area contributed by atoms with Crippen LogP contribution in [0.3, 0.4) is 0 Å². The smallest absolute Gasteiger partial charge is 0.240 e. The van der Waals surface area contributed by atoms with Gasteiger partial charge in [-0.3, -0.25) is 9.36 Å². The van der Waals surface area contributed by atoms with E-state index in [0.717, 1.165) is 11.0 Å². The molecule has 0 fully saturated rings. The van der Waals surface area contributed by atoms with Crippen LogP contribution in [0.1, 0.15) is 36.4 Å². The minimum absolute atomic E-state index is 0.0604. The molecule has 0 aliphatic carbocycles. The highest BCUT2D eigenvalue weighted by Crippen LogP contribution is 2.44. The first-order chi connectivity index (χ1) is 13.4. The number of imidazole rings is 1. The van der Waals surface area contributed by atoms with Gasteiger partial charge in [0.15, 0.2) is 17.3 Å². The minimum atomic E-state index is -0.445. The number of Topliss-reactive ketones (excluding diaryl/α,β-unsaturated/α-hetero) is 1. The van der Waals surface area contributed by atoms with Gasteiger partial charge in [0.1, 0.15) is 11.5 Å². The highest BCUT2D eigenvalue weighted by molar-refractivity contribution is 6.05. The van der Waals surface area contributed by atoms with Crippen LogP contribution in [0, 0.1) is 12.8 Å². The van der Waals surface area contributed by atoms with E-state index in [2.05, 4.69) is 9.97 Å². The molecule has 3 N–H and O–H groups in total. The Morgan fingerprint density at radius 1 is 1.25 bits per heavy atom. The van der Waals surface area contributed by atoms with Gasteiger partial charge in [-0.05, 0) is 43.2 Å². The summed E-state index contributed by atoms with van der Waals surface area (Å²) in [7, 11) is 0. The number of carbonyl (C=O) groups is 1. The molecule has 3 heterocycles. The Hall–Kier alpha value is -3.48. The molecule has 0 amide bonds. The summed E-state index contributed by atoms with van der Waals surface area (Å²) < 4.78 is 7.18. The van der Waals surface area contributed by atoms with Crippen molar-refractivity contribution in [2.45, 2.75) is 27.2 Å². The quantitative estimate of drug-likeness (QED) is 0.441. The molecule has 7 heteroatoms. The number of rotatable bonds is 5. The van der Waals surface area contributed by atoms with Crippen molar-refractivity contribution in [1.29, 1.82) is 0 Å². The summed E-state index contributed by atoms with van der Waals surface area (Å²) in [5.41, 5.74) is 2.49. The maximum Gasteiger partial charge on any atom is 0.240 e. The van der Waals surface area contributed by atoms with E-state index in [0.29, 0.717) is 22.9 Å². The lowest BCUT2D eigenvalue weighted by molar-refractivity contribution is 0.0965. The van der Waals surface area contributed by atoms with Crippen LogP contribution in [0.2, 0.25) is 0 Å². The van der Waals surface area contributed by atoms with Crippen molar-refractivity contribution in [3.8, 4) is 28.8 Å². The molecule has 0 saturated heterocycles. The average molecular weight is 379 g/mol. The van der Waals surface area contributed by atoms with Gasteiger partial charge in [0.2, 0.25) is 5.88 Å². The fourth-order valence-corrected chi connectivity index (χ4v) is 3.39. The number of aryl methyl sites for hydroxylation is 1. The van der Waals surface area contributed by atoms with Crippen LogP contribution in [0.15, 0.2) is 41.1 Å². The number of aromatic hydroxyl groups is 2. The van der Waals surface area contributed by atoms with Gasteiger partial charge in [-0.1, -0.05) is 13.8 Å². The van der Waals surface area contributed by atoms with E-state index in [1.165, 1.54) is 4.57 Å². The molecule has 1 aromatic carbocycles. The number of fused-ring (bicyclic) bond motifs is 1. The molecule has 4 aromatic rings. The average Bonchev–Trinajstić information content (AvgIpc) is 3.33. The van der Waals surface area contributed by atoms with E-state index in [1.54, 1.807) is 43.6 Å². The Bertz CT molecular complexity index is 1180. The zero-order chi connectivity index (χ0) is 20.0. The lowest BCUT2D eigenvalue weighted by atomic mass is 10.00. The summed E-state index contributed by atoms with van der Waals surface area (Å²) in [5, 5.41) is 21.4. The summed E-state index contributed by atoms with van der Waals surface area (Å²) in [6.07, 6.45) is 1.82. The largest absolute Gasteiger partial charge is 0.503 e. The van der Waals surface area contributed by atoms with Gasteiger partial charge in [-0.2, -0.15) is 0 Å².